The number of nitrogens with one attached hydrogen (secondary N) is 1. The Bertz CT molecular complexity index is 573. The molecule has 1 aromatic heterocycles. The standard InChI is InChI=1S/C8H14N2O5S2/c1-16(11,12)5-4-10-17(13,14)8-3-2-7(6-9)15-8/h2-3,10H,4-6,9H2,1H3. The van der Waals surface area contributed by atoms with Crippen LogP contribution in [0.5, 0.6) is 0 Å². The van der Waals surface area contributed by atoms with Gasteiger partial charge in [-0.3, -0.25) is 0 Å². The Kier molecular flexibility index (Phi) is 4.31. The smallest absolute Gasteiger partial charge is 0.273 e. The van der Waals surface area contributed by atoms with E-state index in [2.05, 4.69) is 4.72 Å². The summed E-state index contributed by atoms with van der Waals surface area (Å²) in [5.74, 6) is 0.0740. The maximum absolute atomic E-state index is 11.6. The first-order chi connectivity index (χ1) is 7.74. The summed E-state index contributed by atoms with van der Waals surface area (Å²) < 4.78 is 52.0. The minimum absolute atomic E-state index is 0.0961. The highest BCUT2D eigenvalue weighted by atomic mass is 32.2. The van der Waals surface area contributed by atoms with Crippen LogP contribution in [0, 0.1) is 0 Å². The molecule has 0 radical (unpaired) electrons. The molecule has 0 fully saturated rings. The summed E-state index contributed by atoms with van der Waals surface area (Å²) in [6.07, 6.45) is 1.03. The Hall–Kier alpha value is -0.900. The van der Waals surface area contributed by atoms with Crippen LogP contribution in [0.15, 0.2) is 21.6 Å². The van der Waals surface area contributed by atoms with Gasteiger partial charge in [0.05, 0.1) is 12.3 Å². The maximum Gasteiger partial charge on any atom is 0.273 e. The van der Waals surface area contributed by atoms with Gasteiger partial charge in [0.25, 0.3) is 10.0 Å². The molecule has 0 amide bonds. The highest BCUT2D eigenvalue weighted by molar-refractivity contribution is 7.91. The molecule has 0 aliphatic rings. The van der Waals surface area contributed by atoms with Gasteiger partial charge in [0, 0.05) is 12.8 Å². The SMILES string of the molecule is CS(=O)(=O)CCNS(=O)(=O)c1ccc(CN)o1. The van der Waals surface area contributed by atoms with E-state index in [0.29, 0.717) is 5.76 Å². The van der Waals surface area contributed by atoms with Gasteiger partial charge in [0.2, 0.25) is 5.09 Å². The summed E-state index contributed by atoms with van der Waals surface area (Å²) in [7, 11) is -7.01. The van der Waals surface area contributed by atoms with Crippen molar-refractivity contribution < 1.29 is 21.3 Å². The molecule has 3 N–H and O–H groups in total. The Labute approximate surface area is 100.0 Å². The summed E-state index contributed by atoms with van der Waals surface area (Å²) in [5.41, 5.74) is 5.28. The third kappa shape index (κ3) is 4.46. The number of hydrogen-bond acceptors (Lipinski definition) is 6. The largest absolute Gasteiger partial charge is 0.447 e. The molecule has 0 saturated heterocycles. The first-order valence-electron chi connectivity index (χ1n) is 4.71. The number of furan rings is 1. The lowest BCUT2D eigenvalue weighted by molar-refractivity contribution is 0.413. The zero-order chi connectivity index (χ0) is 13.1. The molecular weight excluding hydrogens is 268 g/mol. The molecule has 0 saturated carbocycles. The molecule has 9 heteroatoms. The number of hydrogen-bond donors (Lipinski definition) is 2. The van der Waals surface area contributed by atoms with Gasteiger partial charge in [0.1, 0.15) is 15.6 Å². The fraction of sp³-hybridized carbons (Fsp3) is 0.500. The van der Waals surface area contributed by atoms with Crippen molar-refractivity contribution >= 4 is 19.9 Å². The first-order valence-corrected chi connectivity index (χ1v) is 8.25. The summed E-state index contributed by atoms with van der Waals surface area (Å²) in [6.45, 7) is -0.0985. The van der Waals surface area contributed by atoms with Gasteiger partial charge in [-0.2, -0.15) is 0 Å². The molecule has 98 valence electrons. The lowest BCUT2D eigenvalue weighted by Gasteiger charge is -2.02. The zero-order valence-electron chi connectivity index (χ0n) is 9.21. The molecule has 17 heavy (non-hydrogen) atoms. The van der Waals surface area contributed by atoms with Crippen molar-refractivity contribution in [3.63, 3.8) is 0 Å². The molecule has 0 unspecified atom stereocenters. The van der Waals surface area contributed by atoms with Crippen LogP contribution in [0.4, 0.5) is 0 Å². The highest BCUT2D eigenvalue weighted by Gasteiger charge is 2.18. The van der Waals surface area contributed by atoms with Crippen molar-refractivity contribution in [1.29, 1.82) is 0 Å². The van der Waals surface area contributed by atoms with Gasteiger partial charge in [-0.05, 0) is 12.1 Å². The Morgan fingerprint density at radius 1 is 1.29 bits per heavy atom. The van der Waals surface area contributed by atoms with Crippen LogP contribution in [0.2, 0.25) is 0 Å². The molecule has 0 aromatic carbocycles. The topological polar surface area (TPSA) is 119 Å². The van der Waals surface area contributed by atoms with Gasteiger partial charge < -0.3 is 10.2 Å². The van der Waals surface area contributed by atoms with E-state index in [1.807, 2.05) is 0 Å². The third-order valence-corrected chi connectivity index (χ3v) is 4.15. The highest BCUT2D eigenvalue weighted by Crippen LogP contribution is 2.12. The van der Waals surface area contributed by atoms with E-state index < -0.39 is 19.9 Å². The quantitative estimate of drug-likeness (QED) is 0.695. The van der Waals surface area contributed by atoms with Crippen LogP contribution in [0.25, 0.3) is 0 Å². The van der Waals surface area contributed by atoms with Crippen molar-refractivity contribution in [3.8, 4) is 0 Å². The molecular formula is C8H14N2O5S2. The van der Waals surface area contributed by atoms with Crippen molar-refractivity contribution in [3.05, 3.63) is 17.9 Å². The minimum atomic E-state index is -3.81. The van der Waals surface area contributed by atoms with Gasteiger partial charge in [-0.1, -0.05) is 0 Å². The van der Waals surface area contributed by atoms with E-state index in [1.54, 1.807) is 0 Å². The summed E-state index contributed by atoms with van der Waals surface area (Å²) in [6, 6.07) is 2.72. The number of sulfonamides is 1. The third-order valence-electron chi connectivity index (χ3n) is 1.87. The molecule has 1 aromatic rings. The predicted octanol–water partition coefficient (Wildman–Crippen LogP) is -0.939. The fourth-order valence-corrected chi connectivity index (χ4v) is 2.62. The zero-order valence-corrected chi connectivity index (χ0v) is 10.8. The molecule has 0 spiro atoms. The van der Waals surface area contributed by atoms with Crippen LogP contribution >= 0.6 is 0 Å². The minimum Gasteiger partial charge on any atom is -0.447 e. The lowest BCUT2D eigenvalue weighted by Crippen LogP contribution is -2.28. The molecule has 0 aliphatic heterocycles. The van der Waals surface area contributed by atoms with E-state index in [-0.39, 0.29) is 23.9 Å². The molecule has 0 atom stereocenters. The number of rotatable bonds is 6. The van der Waals surface area contributed by atoms with Crippen LogP contribution in [-0.2, 0) is 26.4 Å². The average Bonchev–Trinajstić information content (AvgIpc) is 2.63. The Balaban J connectivity index is 2.69. The number of nitrogens with two attached hydrogens (primary N) is 1. The second kappa shape index (κ2) is 5.17. The van der Waals surface area contributed by atoms with E-state index in [0.717, 1.165) is 6.26 Å². The summed E-state index contributed by atoms with van der Waals surface area (Å²) in [5, 5.41) is -0.272. The van der Waals surface area contributed by atoms with Gasteiger partial charge in [-0.15, -0.1) is 0 Å². The van der Waals surface area contributed by atoms with E-state index in [1.165, 1.54) is 12.1 Å². The maximum atomic E-state index is 11.6. The van der Waals surface area contributed by atoms with Crippen LogP contribution < -0.4 is 10.5 Å². The Morgan fingerprint density at radius 3 is 2.41 bits per heavy atom. The van der Waals surface area contributed by atoms with Crippen molar-refractivity contribution in [1.82, 2.24) is 4.72 Å². The van der Waals surface area contributed by atoms with Crippen LogP contribution in [-0.4, -0.2) is 35.4 Å². The predicted molar refractivity (Wildman–Crippen MR) is 61.5 cm³/mol. The van der Waals surface area contributed by atoms with Crippen LogP contribution in [0.3, 0.4) is 0 Å². The normalized spacial score (nSPS) is 12.8. The van der Waals surface area contributed by atoms with Crippen molar-refractivity contribution in [2.24, 2.45) is 5.73 Å². The van der Waals surface area contributed by atoms with E-state index in [9.17, 15) is 16.8 Å². The molecule has 1 heterocycles. The molecule has 7 nitrogen and oxygen atoms in total. The van der Waals surface area contributed by atoms with Gasteiger partial charge in [-0.25, -0.2) is 21.6 Å². The second-order valence-corrected chi connectivity index (χ2v) is 7.41. The van der Waals surface area contributed by atoms with Gasteiger partial charge >= 0.3 is 0 Å². The van der Waals surface area contributed by atoms with Crippen molar-refractivity contribution in [2.45, 2.75) is 11.6 Å². The first kappa shape index (κ1) is 14.2. The fourth-order valence-electron chi connectivity index (χ4n) is 1.04. The molecule has 0 bridgehead atoms. The van der Waals surface area contributed by atoms with Gasteiger partial charge in [0.15, 0.2) is 0 Å². The monoisotopic (exact) mass is 282 g/mol. The van der Waals surface area contributed by atoms with E-state index in [4.69, 9.17) is 10.2 Å². The molecule has 0 aliphatic carbocycles. The lowest BCUT2D eigenvalue weighted by atomic mass is 10.5. The summed E-state index contributed by atoms with van der Waals surface area (Å²) in [4.78, 5) is 0. The van der Waals surface area contributed by atoms with Crippen LogP contribution in [0.1, 0.15) is 5.76 Å². The molecule has 1 rings (SSSR count). The Morgan fingerprint density at radius 2 is 1.94 bits per heavy atom. The van der Waals surface area contributed by atoms with E-state index >= 15 is 0 Å². The second-order valence-electron chi connectivity index (χ2n) is 3.45. The number of sulfone groups is 1. The average molecular weight is 282 g/mol. The summed E-state index contributed by atoms with van der Waals surface area (Å²) >= 11 is 0. The van der Waals surface area contributed by atoms with Crippen molar-refractivity contribution in [2.75, 3.05) is 18.6 Å².